The van der Waals surface area contributed by atoms with Crippen LogP contribution in [0.5, 0.6) is 0 Å². The Morgan fingerprint density at radius 3 is 2.47 bits per heavy atom. The highest BCUT2D eigenvalue weighted by Crippen LogP contribution is 2.44. The Morgan fingerprint density at radius 1 is 0.938 bits per heavy atom. The molecule has 0 fully saturated rings. The first-order valence-electron chi connectivity index (χ1n) is 9.75. The van der Waals surface area contributed by atoms with Crippen LogP contribution in [0.25, 0.3) is 10.8 Å². The van der Waals surface area contributed by atoms with Gasteiger partial charge in [0.1, 0.15) is 0 Å². The van der Waals surface area contributed by atoms with Crippen LogP contribution in [-0.2, 0) is 4.79 Å². The maximum atomic E-state index is 14.1. The molecule has 158 valence electrons. The number of rotatable bonds is 4. The van der Waals surface area contributed by atoms with Gasteiger partial charge in [0.25, 0.3) is 5.91 Å². The first kappa shape index (κ1) is 20.1. The van der Waals surface area contributed by atoms with E-state index >= 15 is 0 Å². The Bertz CT molecular complexity index is 1410. The number of nitrogens with zero attached hydrogens (tertiary/aromatic N) is 1. The largest absolute Gasteiger partial charge is 0.503 e. The Labute approximate surface area is 185 Å². The highest BCUT2D eigenvalue weighted by atomic mass is 32.1. The number of Topliss-reactive ketones (excluding diaryl/α,β-unsaturated/α-hetero) is 1. The van der Waals surface area contributed by atoms with E-state index in [9.17, 15) is 23.5 Å². The molecule has 0 saturated carbocycles. The van der Waals surface area contributed by atoms with Crippen LogP contribution in [0, 0.1) is 11.6 Å². The minimum atomic E-state index is -1.13. The second-order valence-electron chi connectivity index (χ2n) is 7.31. The summed E-state index contributed by atoms with van der Waals surface area (Å²) in [5.74, 6) is -4.24. The van der Waals surface area contributed by atoms with Crippen LogP contribution in [0.15, 0.2) is 89.5 Å². The van der Waals surface area contributed by atoms with Gasteiger partial charge in [-0.25, -0.2) is 8.78 Å². The molecule has 0 aliphatic carbocycles. The predicted molar refractivity (Wildman–Crippen MR) is 119 cm³/mol. The summed E-state index contributed by atoms with van der Waals surface area (Å²) in [5, 5.41) is 14.2. The van der Waals surface area contributed by atoms with Gasteiger partial charge in [0.2, 0.25) is 5.78 Å². The van der Waals surface area contributed by atoms with Gasteiger partial charge in [0.05, 0.1) is 16.5 Å². The van der Waals surface area contributed by atoms with E-state index in [0.29, 0.717) is 10.4 Å². The van der Waals surface area contributed by atoms with Crippen molar-refractivity contribution in [2.24, 2.45) is 0 Å². The summed E-state index contributed by atoms with van der Waals surface area (Å²) in [4.78, 5) is 28.0. The lowest BCUT2D eigenvalue weighted by Gasteiger charge is -2.28. The van der Waals surface area contributed by atoms with E-state index in [1.165, 1.54) is 17.4 Å². The summed E-state index contributed by atoms with van der Waals surface area (Å²) in [6.45, 7) is 0. The van der Waals surface area contributed by atoms with E-state index in [1.54, 1.807) is 29.6 Å². The number of aliphatic hydroxyl groups excluding tert-OH is 1. The Balaban J connectivity index is 1.77. The molecular weight excluding hydrogens is 432 g/mol. The van der Waals surface area contributed by atoms with Gasteiger partial charge in [0, 0.05) is 11.8 Å². The normalized spacial score (nSPS) is 16.2. The Kier molecular flexibility index (Phi) is 4.83. The molecule has 2 heterocycles. The lowest BCUT2D eigenvalue weighted by molar-refractivity contribution is -0.117. The molecule has 0 bridgehead atoms. The third kappa shape index (κ3) is 3.09. The summed E-state index contributed by atoms with van der Waals surface area (Å²) < 4.78 is 27.7. The smallest absolute Gasteiger partial charge is 0.294 e. The molecule has 0 saturated heterocycles. The molecule has 0 spiro atoms. The summed E-state index contributed by atoms with van der Waals surface area (Å²) >= 11 is 1.19. The first-order chi connectivity index (χ1) is 15.5. The number of anilines is 1. The number of ketones is 1. The maximum Gasteiger partial charge on any atom is 0.294 e. The van der Waals surface area contributed by atoms with Crippen molar-refractivity contribution in [2.75, 3.05) is 4.90 Å². The maximum absolute atomic E-state index is 14.1. The number of hydrogen-bond donors (Lipinski definition) is 1. The van der Waals surface area contributed by atoms with Gasteiger partial charge in [-0.1, -0.05) is 48.5 Å². The van der Waals surface area contributed by atoms with Crippen molar-refractivity contribution < 1.29 is 23.5 Å². The monoisotopic (exact) mass is 447 g/mol. The average molecular weight is 447 g/mol. The highest BCUT2D eigenvalue weighted by molar-refractivity contribution is 7.12. The molecule has 1 aliphatic rings. The third-order valence-electron chi connectivity index (χ3n) is 5.50. The second-order valence-corrected chi connectivity index (χ2v) is 8.26. The van der Waals surface area contributed by atoms with Crippen molar-refractivity contribution in [2.45, 2.75) is 6.04 Å². The summed E-state index contributed by atoms with van der Waals surface area (Å²) in [5.41, 5.74) is 0.524. The molecule has 4 aromatic rings. The van der Waals surface area contributed by atoms with Crippen molar-refractivity contribution >= 4 is 39.5 Å². The number of carbonyl (C=O) groups excluding carboxylic acids is 2. The van der Waals surface area contributed by atoms with Crippen molar-refractivity contribution in [3.05, 3.63) is 112 Å². The topological polar surface area (TPSA) is 57.6 Å². The third-order valence-corrected chi connectivity index (χ3v) is 6.37. The van der Waals surface area contributed by atoms with Gasteiger partial charge in [0.15, 0.2) is 17.4 Å². The summed E-state index contributed by atoms with van der Waals surface area (Å²) in [6, 6.07) is 18.2. The quantitative estimate of drug-likeness (QED) is 0.393. The summed E-state index contributed by atoms with van der Waals surface area (Å²) in [6.07, 6.45) is 0. The number of thiophene rings is 1. The van der Waals surface area contributed by atoms with E-state index in [2.05, 4.69) is 0 Å². The number of benzene rings is 3. The van der Waals surface area contributed by atoms with Crippen molar-refractivity contribution in [1.29, 1.82) is 0 Å². The molecule has 1 N–H and O–H groups in total. The molecule has 4 nitrogen and oxygen atoms in total. The van der Waals surface area contributed by atoms with E-state index in [4.69, 9.17) is 0 Å². The SMILES string of the molecule is O=C(C1=C(O)C(=O)N(c2ccc(F)c(F)c2)C1c1cccc2ccccc12)c1cccs1. The van der Waals surface area contributed by atoms with Gasteiger partial charge in [-0.3, -0.25) is 14.5 Å². The van der Waals surface area contributed by atoms with E-state index < -0.39 is 35.1 Å². The van der Waals surface area contributed by atoms with Crippen molar-refractivity contribution in [1.82, 2.24) is 0 Å². The van der Waals surface area contributed by atoms with Crippen LogP contribution in [0.4, 0.5) is 14.5 Å². The number of carbonyl (C=O) groups is 2. The van der Waals surface area contributed by atoms with Crippen LogP contribution in [-0.4, -0.2) is 16.8 Å². The van der Waals surface area contributed by atoms with Crippen LogP contribution in [0.2, 0.25) is 0 Å². The van der Waals surface area contributed by atoms with Gasteiger partial charge in [-0.05, 0) is 39.9 Å². The number of aliphatic hydroxyl groups is 1. The van der Waals surface area contributed by atoms with Crippen molar-refractivity contribution in [3.8, 4) is 0 Å². The number of halogens is 2. The lowest BCUT2D eigenvalue weighted by atomic mass is 9.91. The lowest BCUT2D eigenvalue weighted by Crippen LogP contribution is -2.31. The predicted octanol–water partition coefficient (Wildman–Crippen LogP) is 5.96. The molecular formula is C25H15F2NO3S. The molecule has 5 rings (SSSR count). The van der Waals surface area contributed by atoms with Crippen LogP contribution < -0.4 is 4.90 Å². The Morgan fingerprint density at radius 2 is 1.72 bits per heavy atom. The van der Waals surface area contributed by atoms with Gasteiger partial charge < -0.3 is 5.11 Å². The molecule has 3 aromatic carbocycles. The molecule has 1 unspecified atom stereocenters. The fourth-order valence-corrected chi connectivity index (χ4v) is 4.74. The van der Waals surface area contributed by atoms with Gasteiger partial charge >= 0.3 is 0 Å². The zero-order valence-electron chi connectivity index (χ0n) is 16.5. The molecule has 1 aromatic heterocycles. The average Bonchev–Trinajstić information content (AvgIpc) is 3.43. The van der Waals surface area contributed by atoms with Gasteiger partial charge in [-0.15, -0.1) is 11.3 Å². The van der Waals surface area contributed by atoms with Crippen LogP contribution >= 0.6 is 11.3 Å². The second kappa shape index (κ2) is 7.69. The number of fused-ring (bicyclic) bond motifs is 1. The first-order valence-corrected chi connectivity index (χ1v) is 10.6. The number of amides is 1. The summed E-state index contributed by atoms with van der Waals surface area (Å²) in [7, 11) is 0. The minimum absolute atomic E-state index is 0.0346. The molecule has 0 radical (unpaired) electrons. The fourth-order valence-electron chi connectivity index (χ4n) is 4.06. The van der Waals surface area contributed by atoms with Crippen LogP contribution in [0.3, 0.4) is 0 Å². The van der Waals surface area contributed by atoms with Crippen molar-refractivity contribution in [3.63, 3.8) is 0 Å². The van der Waals surface area contributed by atoms with Gasteiger partial charge in [-0.2, -0.15) is 0 Å². The molecule has 32 heavy (non-hydrogen) atoms. The van der Waals surface area contributed by atoms with Crippen LogP contribution in [0.1, 0.15) is 21.3 Å². The molecule has 1 atom stereocenters. The van der Waals surface area contributed by atoms with E-state index in [1.807, 2.05) is 30.3 Å². The molecule has 7 heteroatoms. The van der Waals surface area contributed by atoms with E-state index in [-0.39, 0.29) is 11.3 Å². The zero-order valence-corrected chi connectivity index (χ0v) is 17.3. The fraction of sp³-hybridized carbons (Fsp3) is 0.0400. The number of hydrogen-bond acceptors (Lipinski definition) is 4. The molecule has 1 aliphatic heterocycles. The Hall–Kier alpha value is -3.84. The minimum Gasteiger partial charge on any atom is -0.503 e. The van der Waals surface area contributed by atoms with E-state index in [0.717, 1.165) is 27.8 Å². The zero-order chi connectivity index (χ0) is 22.4. The highest BCUT2D eigenvalue weighted by Gasteiger charge is 2.45. The molecule has 1 amide bonds. The standard InChI is InChI=1S/C25H15F2NO3S/c26-18-11-10-15(13-19(18)27)28-22(17-8-3-6-14-5-1-2-7-16(14)17)21(24(30)25(28)31)23(29)20-9-4-12-32-20/h1-13,22,30H.